The first kappa shape index (κ1) is 9.03. The minimum absolute atomic E-state index is 0.960. The van der Waals surface area contributed by atoms with E-state index in [9.17, 15) is 0 Å². The van der Waals surface area contributed by atoms with Gasteiger partial charge in [-0.2, -0.15) is 0 Å². The molecular formula is C10H12BrN2. The second kappa shape index (κ2) is 4.11. The summed E-state index contributed by atoms with van der Waals surface area (Å²) >= 11 is 3.56. The lowest BCUT2D eigenvalue weighted by Crippen LogP contribution is -2.40. The Morgan fingerprint density at radius 2 is 1.85 bits per heavy atom. The molecule has 1 aromatic carbocycles. The van der Waals surface area contributed by atoms with Crippen LogP contribution in [0.4, 0.5) is 5.69 Å². The van der Waals surface area contributed by atoms with Crippen molar-refractivity contribution in [2.24, 2.45) is 0 Å². The molecule has 1 aromatic rings. The van der Waals surface area contributed by atoms with Gasteiger partial charge in [0.15, 0.2) is 0 Å². The summed E-state index contributed by atoms with van der Waals surface area (Å²) in [6, 6.07) is 8.35. The van der Waals surface area contributed by atoms with Crippen LogP contribution in [0.15, 0.2) is 28.7 Å². The van der Waals surface area contributed by atoms with Crippen molar-refractivity contribution in [3.05, 3.63) is 28.7 Å². The number of benzene rings is 1. The zero-order valence-corrected chi connectivity index (χ0v) is 9.00. The number of para-hydroxylation sites is 1. The zero-order valence-electron chi connectivity index (χ0n) is 7.41. The van der Waals surface area contributed by atoms with E-state index >= 15 is 0 Å². The number of piperazine rings is 1. The van der Waals surface area contributed by atoms with Crippen LogP contribution in [0.25, 0.3) is 0 Å². The molecule has 0 atom stereocenters. The van der Waals surface area contributed by atoms with Gasteiger partial charge in [-0.15, -0.1) is 0 Å². The third-order valence-electron chi connectivity index (χ3n) is 2.25. The molecule has 2 nitrogen and oxygen atoms in total. The summed E-state index contributed by atoms with van der Waals surface area (Å²) in [5.74, 6) is 0. The Kier molecular flexibility index (Phi) is 2.86. The number of anilines is 1. The molecule has 0 spiro atoms. The highest BCUT2D eigenvalue weighted by atomic mass is 79.9. The largest absolute Gasteiger partial charge is 0.368 e. The van der Waals surface area contributed by atoms with Crippen molar-refractivity contribution in [2.75, 3.05) is 31.1 Å². The van der Waals surface area contributed by atoms with E-state index in [-0.39, 0.29) is 0 Å². The van der Waals surface area contributed by atoms with Crippen molar-refractivity contribution in [1.82, 2.24) is 5.32 Å². The Hall–Kier alpha value is -0.540. The lowest BCUT2D eigenvalue weighted by molar-refractivity contribution is 0.578. The number of hydrogen-bond acceptors (Lipinski definition) is 1. The third kappa shape index (κ3) is 2.03. The zero-order chi connectivity index (χ0) is 9.10. The van der Waals surface area contributed by atoms with Crippen LogP contribution in [0.3, 0.4) is 0 Å². The van der Waals surface area contributed by atoms with Crippen LogP contribution in [0.1, 0.15) is 0 Å². The maximum absolute atomic E-state index is 4.33. The average molecular weight is 240 g/mol. The highest BCUT2D eigenvalue weighted by Crippen LogP contribution is 2.25. The Bertz CT molecular complexity index is 282. The second-order valence-corrected chi connectivity index (χ2v) is 3.96. The predicted octanol–water partition coefficient (Wildman–Crippen LogP) is 1.87. The first-order chi connectivity index (χ1) is 6.38. The van der Waals surface area contributed by atoms with Gasteiger partial charge in [0, 0.05) is 30.7 Å². The van der Waals surface area contributed by atoms with E-state index in [2.05, 4.69) is 44.3 Å². The molecule has 0 saturated carbocycles. The summed E-state index contributed by atoms with van der Waals surface area (Å²) in [6.07, 6.45) is 0. The monoisotopic (exact) mass is 239 g/mol. The van der Waals surface area contributed by atoms with Crippen LogP contribution in [0.2, 0.25) is 0 Å². The fourth-order valence-corrected chi connectivity index (χ4v) is 2.09. The highest BCUT2D eigenvalue weighted by Gasteiger charge is 2.12. The Morgan fingerprint density at radius 3 is 2.54 bits per heavy atom. The number of halogens is 1. The maximum Gasteiger partial charge on any atom is 0.0511 e. The molecule has 3 heteroatoms. The molecule has 0 amide bonds. The topological polar surface area (TPSA) is 17.3 Å². The van der Waals surface area contributed by atoms with E-state index in [1.54, 1.807) is 0 Å². The van der Waals surface area contributed by atoms with Crippen LogP contribution >= 0.6 is 15.9 Å². The SMILES string of the molecule is Brc1ccccc1N1CC[N]CC1. The number of nitrogens with zero attached hydrogens (tertiary/aromatic N) is 2. The lowest BCUT2D eigenvalue weighted by atomic mass is 10.2. The molecule has 0 aliphatic carbocycles. The molecular weight excluding hydrogens is 228 g/mol. The predicted molar refractivity (Wildman–Crippen MR) is 58.2 cm³/mol. The fraction of sp³-hybridized carbons (Fsp3) is 0.400. The van der Waals surface area contributed by atoms with Gasteiger partial charge in [-0.25, -0.2) is 5.32 Å². The Labute approximate surface area is 87.1 Å². The average Bonchev–Trinajstić information content (AvgIpc) is 2.20. The van der Waals surface area contributed by atoms with Crippen molar-refractivity contribution >= 4 is 21.6 Å². The van der Waals surface area contributed by atoms with Gasteiger partial charge in [0.2, 0.25) is 0 Å². The third-order valence-corrected chi connectivity index (χ3v) is 2.92. The molecule has 0 aromatic heterocycles. The molecule has 1 fully saturated rings. The second-order valence-electron chi connectivity index (χ2n) is 3.11. The molecule has 13 heavy (non-hydrogen) atoms. The van der Waals surface area contributed by atoms with E-state index in [4.69, 9.17) is 0 Å². The minimum Gasteiger partial charge on any atom is -0.368 e. The Balaban J connectivity index is 2.18. The van der Waals surface area contributed by atoms with Crippen LogP contribution < -0.4 is 10.2 Å². The molecule has 69 valence electrons. The molecule has 1 aliphatic heterocycles. The lowest BCUT2D eigenvalue weighted by Gasteiger charge is -2.29. The van der Waals surface area contributed by atoms with Crippen molar-refractivity contribution in [1.29, 1.82) is 0 Å². The van der Waals surface area contributed by atoms with Gasteiger partial charge in [0.1, 0.15) is 0 Å². The van der Waals surface area contributed by atoms with Crippen LogP contribution in [0, 0.1) is 0 Å². The quantitative estimate of drug-likeness (QED) is 0.732. The summed E-state index contributed by atoms with van der Waals surface area (Å²) in [5, 5.41) is 4.33. The summed E-state index contributed by atoms with van der Waals surface area (Å²) < 4.78 is 1.18. The van der Waals surface area contributed by atoms with Gasteiger partial charge >= 0.3 is 0 Å². The van der Waals surface area contributed by atoms with Crippen molar-refractivity contribution in [2.45, 2.75) is 0 Å². The standard InChI is InChI=1S/C10H12BrN2/c11-9-3-1-2-4-10(9)13-7-5-12-6-8-13/h1-4H,5-8H2. The molecule has 0 bridgehead atoms. The van der Waals surface area contributed by atoms with E-state index in [1.165, 1.54) is 10.2 Å². The molecule has 1 saturated heterocycles. The first-order valence-corrected chi connectivity index (χ1v) is 5.30. The fourth-order valence-electron chi connectivity index (χ4n) is 1.56. The van der Waals surface area contributed by atoms with E-state index < -0.39 is 0 Å². The first-order valence-electron chi connectivity index (χ1n) is 4.50. The molecule has 1 heterocycles. The summed E-state index contributed by atoms with van der Waals surface area (Å²) in [4.78, 5) is 2.37. The highest BCUT2D eigenvalue weighted by molar-refractivity contribution is 9.10. The van der Waals surface area contributed by atoms with E-state index in [0.717, 1.165) is 26.2 Å². The van der Waals surface area contributed by atoms with Gasteiger partial charge in [-0.05, 0) is 28.1 Å². The van der Waals surface area contributed by atoms with Gasteiger partial charge in [0.05, 0.1) is 5.69 Å². The van der Waals surface area contributed by atoms with Crippen LogP contribution in [0.5, 0.6) is 0 Å². The summed E-state index contributed by atoms with van der Waals surface area (Å²) in [6.45, 7) is 4.01. The Morgan fingerprint density at radius 1 is 1.15 bits per heavy atom. The van der Waals surface area contributed by atoms with Crippen LogP contribution in [-0.4, -0.2) is 26.2 Å². The normalized spacial score (nSPS) is 17.5. The van der Waals surface area contributed by atoms with Crippen molar-refractivity contribution < 1.29 is 0 Å². The maximum atomic E-state index is 4.33. The van der Waals surface area contributed by atoms with Gasteiger partial charge in [-0.1, -0.05) is 12.1 Å². The smallest absolute Gasteiger partial charge is 0.0511 e. The number of rotatable bonds is 1. The molecule has 1 aliphatic rings. The summed E-state index contributed by atoms with van der Waals surface area (Å²) in [5.41, 5.74) is 1.29. The molecule has 0 unspecified atom stereocenters. The van der Waals surface area contributed by atoms with Crippen LogP contribution in [-0.2, 0) is 0 Å². The van der Waals surface area contributed by atoms with Gasteiger partial charge < -0.3 is 4.90 Å². The van der Waals surface area contributed by atoms with E-state index in [0.29, 0.717) is 0 Å². The summed E-state index contributed by atoms with van der Waals surface area (Å²) in [7, 11) is 0. The van der Waals surface area contributed by atoms with Crippen molar-refractivity contribution in [3.63, 3.8) is 0 Å². The van der Waals surface area contributed by atoms with Crippen molar-refractivity contribution in [3.8, 4) is 0 Å². The minimum atomic E-state index is 0.960. The van der Waals surface area contributed by atoms with E-state index in [1.807, 2.05) is 6.07 Å². The molecule has 2 rings (SSSR count). The molecule has 1 radical (unpaired) electrons. The van der Waals surface area contributed by atoms with Gasteiger partial charge in [0.25, 0.3) is 0 Å². The van der Waals surface area contributed by atoms with Gasteiger partial charge in [-0.3, -0.25) is 0 Å². The number of hydrogen-bond donors (Lipinski definition) is 0. The molecule has 0 N–H and O–H groups in total.